The van der Waals surface area contributed by atoms with Crippen LogP contribution in [0.15, 0.2) is 35.5 Å². The maximum atomic E-state index is 14.9. The number of nitrogens with zero attached hydrogens (tertiary/aromatic N) is 5. The summed E-state index contributed by atoms with van der Waals surface area (Å²) in [6, 6.07) is 2.96. The quantitative estimate of drug-likeness (QED) is 0.724. The Bertz CT molecular complexity index is 1180. The fourth-order valence-corrected chi connectivity index (χ4v) is 3.93. The number of fused-ring (bicyclic) bond motifs is 1. The Labute approximate surface area is 164 Å². The Morgan fingerprint density at radius 1 is 1.21 bits per heavy atom. The van der Waals surface area contributed by atoms with Gasteiger partial charge in [0.2, 0.25) is 5.43 Å². The normalized spacial score (nSPS) is 19.1. The first kappa shape index (κ1) is 17.7. The van der Waals surface area contributed by atoms with Gasteiger partial charge in [0.05, 0.1) is 5.39 Å². The predicted octanol–water partition coefficient (Wildman–Crippen LogP) is 2.35. The first-order valence-corrected chi connectivity index (χ1v) is 9.53. The molecule has 0 spiro atoms. The van der Waals surface area contributed by atoms with Crippen molar-refractivity contribution in [3.05, 3.63) is 58.2 Å². The number of carboxylic acids is 1. The fourth-order valence-electron chi connectivity index (χ4n) is 3.93. The predicted molar refractivity (Wildman–Crippen MR) is 103 cm³/mol. The molecule has 1 atom stereocenters. The van der Waals surface area contributed by atoms with Crippen molar-refractivity contribution in [1.82, 2.24) is 19.5 Å². The maximum Gasteiger partial charge on any atom is 0.341 e. The maximum absolute atomic E-state index is 14.9. The van der Waals surface area contributed by atoms with Crippen molar-refractivity contribution < 1.29 is 14.3 Å². The Hall–Kier alpha value is -3.36. The molecule has 4 heterocycles. The molecule has 29 heavy (non-hydrogen) atoms. The molecule has 2 aliphatic rings. The zero-order chi connectivity index (χ0) is 20.1. The van der Waals surface area contributed by atoms with Gasteiger partial charge in [-0.1, -0.05) is 0 Å². The Balaban J connectivity index is 1.58. The van der Waals surface area contributed by atoms with Crippen molar-refractivity contribution >= 4 is 22.8 Å². The second-order valence-electron chi connectivity index (χ2n) is 7.52. The van der Waals surface area contributed by atoms with E-state index >= 15 is 0 Å². The van der Waals surface area contributed by atoms with Crippen LogP contribution in [-0.2, 0) is 0 Å². The number of carboxylic acid groups (broad SMARTS) is 1. The summed E-state index contributed by atoms with van der Waals surface area (Å²) in [6.45, 7) is 1.12. The van der Waals surface area contributed by atoms with Crippen LogP contribution in [0, 0.1) is 5.82 Å². The van der Waals surface area contributed by atoms with E-state index in [9.17, 15) is 19.1 Å². The van der Waals surface area contributed by atoms with Crippen molar-refractivity contribution in [2.24, 2.45) is 0 Å². The van der Waals surface area contributed by atoms with Gasteiger partial charge in [-0.3, -0.25) is 4.79 Å². The van der Waals surface area contributed by atoms with Crippen LogP contribution in [0.4, 0.5) is 10.2 Å². The lowest BCUT2D eigenvalue weighted by atomic mass is 10.1. The van der Waals surface area contributed by atoms with Gasteiger partial charge in [0, 0.05) is 43.6 Å². The van der Waals surface area contributed by atoms with E-state index in [0.717, 1.165) is 31.2 Å². The minimum atomic E-state index is -1.32. The zero-order valence-electron chi connectivity index (χ0n) is 15.5. The van der Waals surface area contributed by atoms with Crippen LogP contribution in [0.3, 0.4) is 0 Å². The van der Waals surface area contributed by atoms with Crippen LogP contribution in [0.5, 0.6) is 0 Å². The molecular weight excluding hydrogens is 377 g/mol. The molecule has 1 aliphatic carbocycles. The number of hydrogen-bond acceptors (Lipinski definition) is 6. The minimum absolute atomic E-state index is 0.000176. The summed E-state index contributed by atoms with van der Waals surface area (Å²) in [6.07, 6.45) is 7.24. The summed E-state index contributed by atoms with van der Waals surface area (Å²) < 4.78 is 16.6. The molecule has 2 fully saturated rings. The first-order valence-electron chi connectivity index (χ1n) is 9.53. The van der Waals surface area contributed by atoms with Gasteiger partial charge in [0.25, 0.3) is 0 Å². The van der Waals surface area contributed by atoms with Gasteiger partial charge >= 0.3 is 5.97 Å². The van der Waals surface area contributed by atoms with Crippen LogP contribution in [0.25, 0.3) is 11.0 Å². The first-order chi connectivity index (χ1) is 14.0. The third kappa shape index (κ3) is 3.02. The van der Waals surface area contributed by atoms with E-state index in [2.05, 4.69) is 15.0 Å². The second kappa shape index (κ2) is 6.61. The van der Waals surface area contributed by atoms with Crippen molar-refractivity contribution in [2.45, 2.75) is 31.2 Å². The van der Waals surface area contributed by atoms with Gasteiger partial charge in [0.1, 0.15) is 17.0 Å². The molecule has 1 unspecified atom stereocenters. The molecule has 3 aromatic heterocycles. The average Bonchev–Trinajstić information content (AvgIpc) is 3.44. The van der Waals surface area contributed by atoms with Gasteiger partial charge in [-0.2, -0.15) is 0 Å². The molecule has 0 bridgehead atoms. The van der Waals surface area contributed by atoms with Gasteiger partial charge in [0.15, 0.2) is 11.6 Å². The molecule has 9 heteroatoms. The molecular formula is C20H18FN5O3. The van der Waals surface area contributed by atoms with E-state index in [-0.39, 0.29) is 28.7 Å². The average molecular weight is 395 g/mol. The number of rotatable bonds is 4. The number of aromatic carboxylic acids is 1. The van der Waals surface area contributed by atoms with E-state index in [0.29, 0.717) is 18.7 Å². The lowest BCUT2D eigenvalue weighted by molar-refractivity contribution is 0.0695. The number of halogens is 1. The van der Waals surface area contributed by atoms with Crippen LogP contribution >= 0.6 is 0 Å². The molecule has 1 saturated heterocycles. The minimum Gasteiger partial charge on any atom is -0.477 e. The Morgan fingerprint density at radius 3 is 2.66 bits per heavy atom. The molecule has 8 nitrogen and oxygen atoms in total. The Morgan fingerprint density at radius 2 is 1.97 bits per heavy atom. The monoisotopic (exact) mass is 395 g/mol. The zero-order valence-corrected chi connectivity index (χ0v) is 15.5. The Kier molecular flexibility index (Phi) is 4.04. The van der Waals surface area contributed by atoms with Crippen molar-refractivity contribution in [1.29, 1.82) is 0 Å². The van der Waals surface area contributed by atoms with E-state index in [1.165, 1.54) is 6.20 Å². The number of carbonyl (C=O) groups is 1. The SMILES string of the molecule is O=C(O)c1cn(C2CC2)c2nc(N3CCC(c4ncccn4)C3)c(F)cc2c1=O. The highest BCUT2D eigenvalue weighted by Crippen LogP contribution is 2.37. The molecule has 1 aliphatic heterocycles. The van der Waals surface area contributed by atoms with Gasteiger partial charge in [-0.05, 0) is 31.4 Å². The summed E-state index contributed by atoms with van der Waals surface area (Å²) in [4.78, 5) is 38.9. The lowest BCUT2D eigenvalue weighted by Gasteiger charge is -2.20. The number of pyridine rings is 2. The highest BCUT2D eigenvalue weighted by atomic mass is 19.1. The van der Waals surface area contributed by atoms with Crippen LogP contribution in [-0.4, -0.2) is 43.7 Å². The fraction of sp³-hybridized carbons (Fsp3) is 0.350. The molecule has 0 amide bonds. The molecule has 0 radical (unpaired) electrons. The summed E-state index contributed by atoms with van der Waals surface area (Å²) in [5.41, 5.74) is -0.738. The smallest absolute Gasteiger partial charge is 0.341 e. The molecule has 5 rings (SSSR count). The van der Waals surface area contributed by atoms with Crippen molar-refractivity contribution in [3.8, 4) is 0 Å². The van der Waals surface area contributed by atoms with E-state index < -0.39 is 17.2 Å². The number of hydrogen-bond donors (Lipinski definition) is 1. The number of anilines is 1. The third-order valence-electron chi connectivity index (χ3n) is 5.55. The molecule has 0 aromatic carbocycles. The summed E-state index contributed by atoms with van der Waals surface area (Å²) in [7, 11) is 0. The molecule has 3 aromatic rings. The second-order valence-corrected chi connectivity index (χ2v) is 7.52. The van der Waals surface area contributed by atoms with Gasteiger partial charge in [-0.25, -0.2) is 24.1 Å². The molecule has 1 N–H and O–H groups in total. The highest BCUT2D eigenvalue weighted by Gasteiger charge is 2.31. The van der Waals surface area contributed by atoms with Crippen LogP contribution in [0.2, 0.25) is 0 Å². The van der Waals surface area contributed by atoms with Gasteiger partial charge < -0.3 is 14.6 Å². The largest absolute Gasteiger partial charge is 0.477 e. The summed E-state index contributed by atoms with van der Waals surface area (Å²) in [5.74, 6) is -0.978. The molecule has 148 valence electrons. The lowest BCUT2D eigenvalue weighted by Crippen LogP contribution is -2.24. The number of aromatic nitrogens is 4. The van der Waals surface area contributed by atoms with Crippen LogP contribution in [0.1, 0.15) is 47.4 Å². The van der Waals surface area contributed by atoms with E-state index in [1.54, 1.807) is 23.0 Å². The summed E-state index contributed by atoms with van der Waals surface area (Å²) >= 11 is 0. The standard InChI is InChI=1S/C20H18FN5O3/c21-15-8-13-16(27)14(20(28)29)10-26(12-2-3-12)18(13)24-19(15)25-7-4-11(9-25)17-22-5-1-6-23-17/h1,5-6,8,10-12H,2-4,7,9H2,(H,28,29). The van der Waals surface area contributed by atoms with Crippen molar-refractivity contribution in [2.75, 3.05) is 18.0 Å². The van der Waals surface area contributed by atoms with Crippen molar-refractivity contribution in [3.63, 3.8) is 0 Å². The topological polar surface area (TPSA) is 101 Å². The van der Waals surface area contributed by atoms with E-state index in [1.807, 2.05) is 4.90 Å². The van der Waals surface area contributed by atoms with Gasteiger partial charge in [-0.15, -0.1) is 0 Å². The molecule has 1 saturated carbocycles. The summed E-state index contributed by atoms with van der Waals surface area (Å²) in [5, 5.41) is 9.34. The van der Waals surface area contributed by atoms with Crippen LogP contribution < -0.4 is 10.3 Å². The third-order valence-corrected chi connectivity index (χ3v) is 5.55. The highest BCUT2D eigenvalue weighted by molar-refractivity contribution is 5.92. The van der Waals surface area contributed by atoms with E-state index in [4.69, 9.17) is 0 Å².